The molecule has 0 spiro atoms. The van der Waals surface area contributed by atoms with Crippen molar-refractivity contribution in [2.24, 2.45) is 5.41 Å². The van der Waals surface area contributed by atoms with Gasteiger partial charge in [0.2, 0.25) is 5.91 Å². The summed E-state index contributed by atoms with van der Waals surface area (Å²) in [5.74, 6) is 0.221. The van der Waals surface area contributed by atoms with Gasteiger partial charge in [-0.1, -0.05) is 44.0 Å². The van der Waals surface area contributed by atoms with E-state index < -0.39 is 0 Å². The summed E-state index contributed by atoms with van der Waals surface area (Å²) in [7, 11) is 0. The van der Waals surface area contributed by atoms with Crippen LogP contribution in [0.4, 0.5) is 0 Å². The summed E-state index contributed by atoms with van der Waals surface area (Å²) in [5, 5.41) is 3.08. The van der Waals surface area contributed by atoms with Gasteiger partial charge in [-0.2, -0.15) is 0 Å². The lowest BCUT2D eigenvalue weighted by atomic mass is 9.88. The smallest absolute Gasteiger partial charge is 0.226 e. The van der Waals surface area contributed by atoms with Gasteiger partial charge in [-0.3, -0.25) is 4.79 Å². The second-order valence-electron chi connectivity index (χ2n) is 5.38. The summed E-state index contributed by atoms with van der Waals surface area (Å²) in [6.07, 6.45) is 4.45. The molecule has 0 atom stereocenters. The van der Waals surface area contributed by atoms with Crippen LogP contribution in [0.1, 0.15) is 43.7 Å². The van der Waals surface area contributed by atoms with E-state index in [2.05, 4.69) is 31.3 Å². The molecular weight excluding hydrogens is 210 g/mol. The van der Waals surface area contributed by atoms with Crippen molar-refractivity contribution in [3.05, 3.63) is 35.4 Å². The molecule has 0 unspecified atom stereocenters. The van der Waals surface area contributed by atoms with Crippen LogP contribution in [0.2, 0.25) is 0 Å². The van der Waals surface area contributed by atoms with Gasteiger partial charge in [0, 0.05) is 12.0 Å². The van der Waals surface area contributed by atoms with Crippen molar-refractivity contribution >= 4 is 5.91 Å². The lowest BCUT2D eigenvalue weighted by Gasteiger charge is -2.22. The Morgan fingerprint density at radius 3 is 2.59 bits per heavy atom. The first-order valence-corrected chi connectivity index (χ1v) is 6.45. The fourth-order valence-electron chi connectivity index (χ4n) is 2.58. The third-order valence-electron chi connectivity index (χ3n) is 3.96. The SMILES string of the molecule is Cc1ccccc1CNC(=O)C1(C)CCCC1. The topological polar surface area (TPSA) is 29.1 Å². The Labute approximate surface area is 103 Å². The summed E-state index contributed by atoms with van der Waals surface area (Å²) in [5.41, 5.74) is 2.33. The Hall–Kier alpha value is -1.31. The van der Waals surface area contributed by atoms with E-state index in [1.165, 1.54) is 24.0 Å². The van der Waals surface area contributed by atoms with Gasteiger partial charge < -0.3 is 5.32 Å². The first-order chi connectivity index (χ1) is 8.12. The molecule has 17 heavy (non-hydrogen) atoms. The minimum absolute atomic E-state index is 0.122. The first kappa shape index (κ1) is 12.2. The number of rotatable bonds is 3. The van der Waals surface area contributed by atoms with E-state index >= 15 is 0 Å². The third-order valence-corrected chi connectivity index (χ3v) is 3.96. The number of hydrogen-bond donors (Lipinski definition) is 1. The average Bonchev–Trinajstić information content (AvgIpc) is 2.76. The molecule has 1 fully saturated rings. The third kappa shape index (κ3) is 2.68. The van der Waals surface area contributed by atoms with Crippen molar-refractivity contribution in [1.82, 2.24) is 5.32 Å². The number of nitrogens with one attached hydrogen (secondary N) is 1. The normalized spacial score (nSPS) is 18.0. The van der Waals surface area contributed by atoms with Crippen molar-refractivity contribution in [1.29, 1.82) is 0 Å². The maximum absolute atomic E-state index is 12.1. The second-order valence-corrected chi connectivity index (χ2v) is 5.38. The van der Waals surface area contributed by atoms with Gasteiger partial charge in [0.25, 0.3) is 0 Å². The van der Waals surface area contributed by atoms with Gasteiger partial charge in [-0.15, -0.1) is 0 Å². The van der Waals surface area contributed by atoms with Crippen LogP contribution >= 0.6 is 0 Å². The van der Waals surface area contributed by atoms with Gasteiger partial charge in [-0.05, 0) is 30.9 Å². The van der Waals surface area contributed by atoms with E-state index in [9.17, 15) is 4.79 Å². The highest BCUT2D eigenvalue weighted by atomic mass is 16.2. The molecule has 1 saturated carbocycles. The van der Waals surface area contributed by atoms with Gasteiger partial charge >= 0.3 is 0 Å². The lowest BCUT2D eigenvalue weighted by molar-refractivity contribution is -0.130. The number of carbonyl (C=O) groups excluding carboxylic acids is 1. The van der Waals surface area contributed by atoms with Crippen LogP contribution in [0.25, 0.3) is 0 Å². The lowest BCUT2D eigenvalue weighted by Crippen LogP contribution is -2.36. The van der Waals surface area contributed by atoms with Crippen molar-refractivity contribution in [3.63, 3.8) is 0 Å². The molecule has 0 aromatic heterocycles. The Morgan fingerprint density at radius 1 is 1.29 bits per heavy atom. The summed E-state index contributed by atoms with van der Waals surface area (Å²) in [6.45, 7) is 4.83. The average molecular weight is 231 g/mol. The first-order valence-electron chi connectivity index (χ1n) is 6.45. The highest BCUT2D eigenvalue weighted by Crippen LogP contribution is 2.37. The Morgan fingerprint density at radius 2 is 1.94 bits per heavy atom. The molecule has 1 amide bonds. The standard InChI is InChI=1S/C15H21NO/c1-12-7-3-4-8-13(12)11-16-14(17)15(2)9-5-6-10-15/h3-4,7-8H,5-6,9-11H2,1-2H3,(H,16,17). The molecule has 2 heteroatoms. The number of carbonyl (C=O) groups is 1. The zero-order chi connectivity index (χ0) is 12.3. The van der Waals surface area contributed by atoms with Crippen LogP contribution in [-0.4, -0.2) is 5.91 Å². The molecule has 1 aromatic carbocycles. The van der Waals surface area contributed by atoms with Gasteiger partial charge in [-0.25, -0.2) is 0 Å². The minimum Gasteiger partial charge on any atom is -0.352 e. The molecule has 1 aliphatic rings. The Bertz CT molecular complexity index is 405. The van der Waals surface area contributed by atoms with E-state index in [-0.39, 0.29) is 11.3 Å². The minimum atomic E-state index is -0.122. The molecule has 2 nitrogen and oxygen atoms in total. The van der Waals surface area contributed by atoms with Gasteiger partial charge in [0.05, 0.1) is 0 Å². The highest BCUT2D eigenvalue weighted by Gasteiger charge is 2.35. The quantitative estimate of drug-likeness (QED) is 0.850. The van der Waals surface area contributed by atoms with E-state index in [1.807, 2.05) is 12.1 Å². The fraction of sp³-hybridized carbons (Fsp3) is 0.533. The maximum atomic E-state index is 12.1. The maximum Gasteiger partial charge on any atom is 0.226 e. The van der Waals surface area contributed by atoms with Crippen LogP contribution in [-0.2, 0) is 11.3 Å². The number of hydrogen-bond acceptors (Lipinski definition) is 1. The summed E-state index contributed by atoms with van der Waals surface area (Å²) in [4.78, 5) is 12.1. The molecule has 1 aliphatic carbocycles. The van der Waals surface area contributed by atoms with E-state index in [0.29, 0.717) is 6.54 Å². The highest BCUT2D eigenvalue weighted by molar-refractivity contribution is 5.82. The molecule has 92 valence electrons. The molecule has 0 bridgehead atoms. The van der Waals surface area contributed by atoms with Crippen LogP contribution in [0.5, 0.6) is 0 Å². The monoisotopic (exact) mass is 231 g/mol. The molecule has 0 radical (unpaired) electrons. The zero-order valence-electron chi connectivity index (χ0n) is 10.8. The molecule has 1 N–H and O–H groups in total. The molecule has 0 heterocycles. The zero-order valence-corrected chi connectivity index (χ0v) is 10.8. The molecule has 1 aromatic rings. The van der Waals surface area contributed by atoms with Crippen molar-refractivity contribution in [2.45, 2.75) is 46.1 Å². The number of benzene rings is 1. The van der Waals surface area contributed by atoms with Crippen LogP contribution in [0.15, 0.2) is 24.3 Å². The fourth-order valence-corrected chi connectivity index (χ4v) is 2.58. The molecule has 2 rings (SSSR count). The predicted molar refractivity (Wildman–Crippen MR) is 69.6 cm³/mol. The molecular formula is C15H21NO. The second kappa shape index (κ2) is 4.91. The Kier molecular flexibility index (Phi) is 3.51. The summed E-state index contributed by atoms with van der Waals surface area (Å²) in [6, 6.07) is 8.20. The number of amides is 1. The summed E-state index contributed by atoms with van der Waals surface area (Å²) >= 11 is 0. The van der Waals surface area contributed by atoms with E-state index in [4.69, 9.17) is 0 Å². The molecule has 0 saturated heterocycles. The van der Waals surface area contributed by atoms with Crippen molar-refractivity contribution in [2.75, 3.05) is 0 Å². The number of aryl methyl sites for hydroxylation is 1. The Balaban J connectivity index is 1.94. The summed E-state index contributed by atoms with van der Waals surface area (Å²) < 4.78 is 0. The van der Waals surface area contributed by atoms with Crippen molar-refractivity contribution in [3.8, 4) is 0 Å². The van der Waals surface area contributed by atoms with Crippen LogP contribution in [0, 0.1) is 12.3 Å². The van der Waals surface area contributed by atoms with Crippen LogP contribution in [0.3, 0.4) is 0 Å². The molecule has 0 aliphatic heterocycles. The van der Waals surface area contributed by atoms with Gasteiger partial charge in [0.1, 0.15) is 0 Å². The van der Waals surface area contributed by atoms with Gasteiger partial charge in [0.15, 0.2) is 0 Å². The van der Waals surface area contributed by atoms with E-state index in [0.717, 1.165) is 12.8 Å². The van der Waals surface area contributed by atoms with Crippen LogP contribution < -0.4 is 5.32 Å². The van der Waals surface area contributed by atoms with E-state index in [1.54, 1.807) is 0 Å². The largest absolute Gasteiger partial charge is 0.352 e. The predicted octanol–water partition coefficient (Wildman–Crippen LogP) is 3.19. The van der Waals surface area contributed by atoms with Crippen molar-refractivity contribution < 1.29 is 4.79 Å².